The minimum atomic E-state index is 0.928. The Kier molecular flexibility index (Phi) is 2.13. The van der Waals surface area contributed by atoms with Crippen LogP contribution in [0.3, 0.4) is 0 Å². The molecule has 0 bridgehead atoms. The van der Waals surface area contributed by atoms with E-state index in [4.69, 9.17) is 0 Å². The molecule has 0 unspecified atom stereocenters. The van der Waals surface area contributed by atoms with E-state index >= 15 is 0 Å². The first kappa shape index (κ1) is 8.05. The minimum Gasteiger partial charge on any atom is -0.272 e. The van der Waals surface area contributed by atoms with Crippen LogP contribution in [0.1, 0.15) is 18.3 Å². The molecule has 0 fully saturated rings. The van der Waals surface area contributed by atoms with Crippen LogP contribution in [0.2, 0.25) is 0 Å². The van der Waals surface area contributed by atoms with E-state index in [1.807, 2.05) is 25.6 Å². The van der Waals surface area contributed by atoms with Crippen molar-refractivity contribution in [2.45, 2.75) is 20.3 Å². The summed E-state index contributed by atoms with van der Waals surface area (Å²) in [5.41, 5.74) is 3.48. The first-order valence-electron chi connectivity index (χ1n) is 3.73. The topological polar surface area (TPSA) is 17.8 Å². The van der Waals surface area contributed by atoms with Crippen LogP contribution in [0.25, 0.3) is 0 Å². The third-order valence-electron chi connectivity index (χ3n) is 1.58. The van der Waals surface area contributed by atoms with E-state index in [9.17, 15) is 0 Å². The van der Waals surface area contributed by atoms with Crippen LogP contribution in [0.5, 0.6) is 0 Å². The van der Waals surface area contributed by atoms with Crippen LogP contribution in [0.15, 0.2) is 18.2 Å². The molecule has 2 nitrogen and oxygen atoms in total. The number of hydrogen-bond acceptors (Lipinski definition) is 1. The van der Waals surface area contributed by atoms with Gasteiger partial charge in [0.05, 0.1) is 5.69 Å². The fourth-order valence-electron chi connectivity index (χ4n) is 1.14. The van der Waals surface area contributed by atoms with E-state index < -0.39 is 0 Å². The summed E-state index contributed by atoms with van der Waals surface area (Å²) in [5, 5.41) is 4.24. The molecule has 0 aliphatic rings. The van der Waals surface area contributed by atoms with E-state index in [2.05, 4.69) is 17.7 Å². The molecule has 60 valence electrons. The zero-order valence-electron chi connectivity index (χ0n) is 7.39. The highest BCUT2D eigenvalue weighted by molar-refractivity contribution is 5.14. The van der Waals surface area contributed by atoms with Gasteiger partial charge < -0.3 is 0 Å². The van der Waals surface area contributed by atoms with Gasteiger partial charge in [-0.05, 0) is 19.9 Å². The zero-order valence-corrected chi connectivity index (χ0v) is 7.39. The predicted molar refractivity (Wildman–Crippen MR) is 46.5 cm³/mol. The summed E-state index contributed by atoms with van der Waals surface area (Å²) in [6, 6.07) is 2.09. The van der Waals surface area contributed by atoms with Crippen molar-refractivity contribution in [3.63, 3.8) is 0 Å². The molecule has 0 saturated heterocycles. The van der Waals surface area contributed by atoms with E-state index in [0.29, 0.717) is 0 Å². The summed E-state index contributed by atoms with van der Waals surface area (Å²) < 4.78 is 1.91. The van der Waals surface area contributed by atoms with Crippen LogP contribution in [-0.4, -0.2) is 9.78 Å². The van der Waals surface area contributed by atoms with Crippen molar-refractivity contribution in [1.82, 2.24) is 9.78 Å². The van der Waals surface area contributed by atoms with E-state index in [-0.39, 0.29) is 0 Å². The number of allylic oxidation sites excluding steroid dienone is 1. The van der Waals surface area contributed by atoms with Gasteiger partial charge in [-0.3, -0.25) is 4.68 Å². The number of rotatable bonds is 2. The smallest absolute Gasteiger partial charge is 0.0596 e. The summed E-state index contributed by atoms with van der Waals surface area (Å²) in [7, 11) is 1.96. The van der Waals surface area contributed by atoms with Crippen molar-refractivity contribution >= 4 is 0 Å². The molecule has 1 heterocycles. The third-order valence-corrected chi connectivity index (χ3v) is 1.58. The molecule has 1 aromatic heterocycles. The normalized spacial score (nSPS) is 10.1. The van der Waals surface area contributed by atoms with Crippen LogP contribution >= 0.6 is 0 Å². The lowest BCUT2D eigenvalue weighted by Crippen LogP contribution is -1.98. The van der Waals surface area contributed by atoms with Gasteiger partial charge >= 0.3 is 0 Å². The van der Waals surface area contributed by atoms with Crippen molar-refractivity contribution in [3.8, 4) is 0 Å². The monoisotopic (exact) mass is 150 g/mol. The second-order valence-corrected chi connectivity index (χ2v) is 3.03. The maximum absolute atomic E-state index is 4.24. The highest BCUT2D eigenvalue weighted by atomic mass is 15.3. The van der Waals surface area contributed by atoms with Crippen molar-refractivity contribution in [1.29, 1.82) is 0 Å². The Morgan fingerprint density at radius 3 is 2.73 bits per heavy atom. The molecule has 0 saturated carbocycles. The van der Waals surface area contributed by atoms with Crippen LogP contribution in [-0.2, 0) is 13.5 Å². The Bertz CT molecular complexity index is 271. The van der Waals surface area contributed by atoms with Gasteiger partial charge in [0.25, 0.3) is 0 Å². The molecule has 0 spiro atoms. The molecular formula is C9H14N2. The van der Waals surface area contributed by atoms with E-state index in [0.717, 1.165) is 12.1 Å². The third kappa shape index (κ3) is 1.93. The largest absolute Gasteiger partial charge is 0.272 e. The standard InChI is InChI=1S/C9H14N2/c1-7(2)5-9-6-8(3)10-11(9)4/h6H,1,5H2,2-4H3. The van der Waals surface area contributed by atoms with Crippen LogP contribution in [0, 0.1) is 6.92 Å². The van der Waals surface area contributed by atoms with E-state index in [1.165, 1.54) is 11.3 Å². The van der Waals surface area contributed by atoms with Gasteiger partial charge in [-0.1, -0.05) is 12.2 Å². The van der Waals surface area contributed by atoms with Gasteiger partial charge in [-0.25, -0.2) is 0 Å². The van der Waals surface area contributed by atoms with Gasteiger partial charge in [0.15, 0.2) is 0 Å². The maximum Gasteiger partial charge on any atom is 0.0596 e. The second kappa shape index (κ2) is 2.91. The SMILES string of the molecule is C=C(C)Cc1cc(C)nn1C. The number of aromatic nitrogens is 2. The summed E-state index contributed by atoms with van der Waals surface area (Å²) in [5.74, 6) is 0. The fourth-order valence-corrected chi connectivity index (χ4v) is 1.14. The highest BCUT2D eigenvalue weighted by Crippen LogP contribution is 2.06. The highest BCUT2D eigenvalue weighted by Gasteiger charge is 2.00. The molecule has 1 rings (SSSR count). The Hall–Kier alpha value is -1.05. The predicted octanol–water partition coefficient (Wildman–Crippen LogP) is 1.85. The summed E-state index contributed by atoms with van der Waals surface area (Å²) in [6.07, 6.45) is 0.928. The molecule has 2 heteroatoms. The van der Waals surface area contributed by atoms with Crippen molar-refractivity contribution in [2.75, 3.05) is 0 Å². The van der Waals surface area contributed by atoms with Crippen molar-refractivity contribution < 1.29 is 0 Å². The number of aryl methyl sites for hydroxylation is 2. The molecule has 11 heavy (non-hydrogen) atoms. The van der Waals surface area contributed by atoms with Crippen molar-refractivity contribution in [3.05, 3.63) is 29.6 Å². The second-order valence-electron chi connectivity index (χ2n) is 3.03. The Morgan fingerprint density at radius 1 is 1.73 bits per heavy atom. The maximum atomic E-state index is 4.24. The lowest BCUT2D eigenvalue weighted by atomic mass is 10.2. The zero-order chi connectivity index (χ0) is 8.43. The van der Waals surface area contributed by atoms with Crippen molar-refractivity contribution in [2.24, 2.45) is 7.05 Å². The average molecular weight is 150 g/mol. The molecule has 1 aromatic rings. The molecule has 0 aromatic carbocycles. The first-order chi connectivity index (χ1) is 5.09. The van der Waals surface area contributed by atoms with Gasteiger partial charge in [-0.15, -0.1) is 0 Å². The molecule has 0 atom stereocenters. The van der Waals surface area contributed by atoms with Gasteiger partial charge in [-0.2, -0.15) is 5.10 Å². The average Bonchev–Trinajstić information content (AvgIpc) is 2.09. The number of hydrogen-bond donors (Lipinski definition) is 0. The molecule has 0 aliphatic heterocycles. The van der Waals surface area contributed by atoms with E-state index in [1.54, 1.807) is 0 Å². The molecular weight excluding hydrogens is 136 g/mol. The summed E-state index contributed by atoms with van der Waals surface area (Å²) >= 11 is 0. The Balaban J connectivity index is 2.85. The van der Waals surface area contributed by atoms with Crippen LogP contribution < -0.4 is 0 Å². The quantitative estimate of drug-likeness (QED) is 0.588. The Morgan fingerprint density at radius 2 is 2.36 bits per heavy atom. The fraction of sp³-hybridized carbons (Fsp3) is 0.444. The van der Waals surface area contributed by atoms with Gasteiger partial charge in [0, 0.05) is 19.2 Å². The lowest BCUT2D eigenvalue weighted by molar-refractivity contribution is 0.715. The molecule has 0 amide bonds. The van der Waals surface area contributed by atoms with Gasteiger partial charge in [0.1, 0.15) is 0 Å². The van der Waals surface area contributed by atoms with Gasteiger partial charge in [0.2, 0.25) is 0 Å². The van der Waals surface area contributed by atoms with Crippen LogP contribution in [0.4, 0.5) is 0 Å². The summed E-state index contributed by atoms with van der Waals surface area (Å²) in [6.45, 7) is 7.89. The minimum absolute atomic E-state index is 0.928. The summed E-state index contributed by atoms with van der Waals surface area (Å²) in [4.78, 5) is 0. The molecule has 0 N–H and O–H groups in total. The lowest BCUT2D eigenvalue weighted by Gasteiger charge is -1.98. The number of nitrogens with zero attached hydrogens (tertiary/aromatic N) is 2. The Labute approximate surface area is 67.5 Å². The first-order valence-corrected chi connectivity index (χ1v) is 3.73. The molecule has 0 radical (unpaired) electrons. The molecule has 0 aliphatic carbocycles.